The molecule has 0 radical (unpaired) electrons. The number of aromatic nitrogens is 4. The van der Waals surface area contributed by atoms with Gasteiger partial charge in [0.15, 0.2) is 5.96 Å². The quantitative estimate of drug-likeness (QED) is 0.111. The van der Waals surface area contributed by atoms with E-state index in [2.05, 4.69) is 41.6 Å². The maximum atomic E-state index is 13.5. The number of aromatic amines is 1. The molecule has 0 fully saturated rings. The predicted molar refractivity (Wildman–Crippen MR) is 171 cm³/mol. The van der Waals surface area contributed by atoms with E-state index < -0.39 is 42.1 Å². The molecular formula is C31H33F4N9O6. The van der Waals surface area contributed by atoms with Crippen LogP contribution in [0.4, 0.5) is 23.2 Å². The monoisotopic (exact) mass is 703 g/mol. The summed E-state index contributed by atoms with van der Waals surface area (Å²) in [6.07, 6.45) is -4.66. The lowest BCUT2D eigenvalue weighted by Gasteiger charge is -2.20. The van der Waals surface area contributed by atoms with Gasteiger partial charge in [0, 0.05) is 16.6 Å². The number of anilines is 1. The number of esters is 1. The van der Waals surface area contributed by atoms with Crippen molar-refractivity contribution in [1.29, 1.82) is 0 Å². The molecule has 266 valence electrons. The number of ether oxygens (including phenoxy) is 1. The number of guanidine groups is 1. The van der Waals surface area contributed by atoms with Crippen molar-refractivity contribution >= 4 is 46.3 Å². The number of nitrogens with one attached hydrogen (secondary N) is 5. The van der Waals surface area contributed by atoms with Crippen LogP contribution in [0.25, 0.3) is 16.6 Å². The number of rotatable bonds is 9. The third kappa shape index (κ3) is 9.77. The van der Waals surface area contributed by atoms with Crippen molar-refractivity contribution in [2.45, 2.75) is 38.7 Å². The topological polar surface area (TPSA) is 205 Å². The number of aryl methyl sites for hydroxylation is 2. The second-order valence-corrected chi connectivity index (χ2v) is 11.0. The number of carbonyl (C=O) groups is 4. The summed E-state index contributed by atoms with van der Waals surface area (Å²) in [5.74, 6) is -3.88. The first-order chi connectivity index (χ1) is 23.6. The summed E-state index contributed by atoms with van der Waals surface area (Å²) in [4.78, 5) is 51.3. The number of carboxylic acid groups (broad SMARTS) is 1. The number of alkyl halides is 4. The highest BCUT2D eigenvalue weighted by atomic mass is 19.4. The fourth-order valence-electron chi connectivity index (χ4n) is 4.79. The number of hydrogen-bond donors (Lipinski definition) is 6. The summed E-state index contributed by atoms with van der Waals surface area (Å²) in [6, 6.07) is 11.8. The zero-order chi connectivity index (χ0) is 36.6. The highest BCUT2D eigenvalue weighted by Gasteiger charge is 2.38. The lowest BCUT2D eigenvalue weighted by Crippen LogP contribution is -2.41. The predicted octanol–water partition coefficient (Wildman–Crippen LogP) is 2.86. The van der Waals surface area contributed by atoms with Crippen LogP contribution in [0.3, 0.4) is 0 Å². The van der Waals surface area contributed by atoms with Gasteiger partial charge in [0.1, 0.15) is 6.17 Å². The van der Waals surface area contributed by atoms with Gasteiger partial charge in [0.2, 0.25) is 5.91 Å². The molecule has 6 N–H and O–H groups in total. The van der Waals surface area contributed by atoms with Gasteiger partial charge in [0.25, 0.3) is 5.91 Å². The van der Waals surface area contributed by atoms with Gasteiger partial charge in [-0.1, -0.05) is 12.1 Å². The molecule has 0 saturated carbocycles. The molecule has 0 saturated heterocycles. The van der Waals surface area contributed by atoms with Crippen LogP contribution in [0, 0.1) is 13.8 Å². The lowest BCUT2D eigenvalue weighted by atomic mass is 10.0. The van der Waals surface area contributed by atoms with E-state index >= 15 is 0 Å². The SMILES string of the molecule is COC(=O)C[C@H](NC(=O)CNC(=O)c1cc(NC2=NCC(F)CN2)c2cn[nH]c2c1)c1cccc(-n2nc(C)cc2C)c1.O=C(O)C(F)(F)F. The first kappa shape index (κ1) is 36.8. The van der Waals surface area contributed by atoms with Crippen molar-refractivity contribution in [1.82, 2.24) is 35.9 Å². The highest BCUT2D eigenvalue weighted by molar-refractivity contribution is 6.07. The number of methoxy groups -OCH3 is 1. The zero-order valence-electron chi connectivity index (χ0n) is 26.9. The van der Waals surface area contributed by atoms with Crippen LogP contribution in [-0.2, 0) is 19.1 Å². The maximum absolute atomic E-state index is 13.5. The van der Waals surface area contributed by atoms with Gasteiger partial charge in [-0.3, -0.25) is 19.5 Å². The summed E-state index contributed by atoms with van der Waals surface area (Å²) in [5, 5.41) is 30.6. The van der Waals surface area contributed by atoms with Crippen LogP contribution < -0.4 is 21.3 Å². The van der Waals surface area contributed by atoms with Crippen molar-refractivity contribution in [2.75, 3.05) is 32.1 Å². The Hall–Kier alpha value is -6.01. The van der Waals surface area contributed by atoms with E-state index in [1.165, 1.54) is 7.11 Å². The molecule has 1 unspecified atom stereocenters. The Labute approximate surface area is 281 Å². The maximum Gasteiger partial charge on any atom is 0.490 e. The first-order valence-corrected chi connectivity index (χ1v) is 14.9. The van der Waals surface area contributed by atoms with Crippen LogP contribution in [0.15, 0.2) is 53.7 Å². The minimum Gasteiger partial charge on any atom is -0.475 e. The molecule has 1 aliphatic heterocycles. The third-order valence-electron chi connectivity index (χ3n) is 7.12. The van der Waals surface area contributed by atoms with Crippen LogP contribution in [0.2, 0.25) is 0 Å². The lowest BCUT2D eigenvalue weighted by molar-refractivity contribution is -0.192. The smallest absolute Gasteiger partial charge is 0.475 e. The summed E-state index contributed by atoms with van der Waals surface area (Å²) in [6.45, 7) is 3.65. The number of carbonyl (C=O) groups excluding carboxylic acids is 3. The van der Waals surface area contributed by atoms with Crippen molar-refractivity contribution in [2.24, 2.45) is 4.99 Å². The molecule has 1 aliphatic rings. The molecule has 4 aromatic rings. The molecule has 2 atom stereocenters. The summed E-state index contributed by atoms with van der Waals surface area (Å²) in [7, 11) is 1.28. The van der Waals surface area contributed by atoms with E-state index in [4.69, 9.17) is 14.6 Å². The summed E-state index contributed by atoms with van der Waals surface area (Å²) < 4.78 is 51.8. The molecule has 50 heavy (non-hydrogen) atoms. The number of aliphatic imine (C=N–C) groups is 1. The first-order valence-electron chi connectivity index (χ1n) is 14.9. The number of aliphatic carboxylic acids is 1. The molecule has 3 heterocycles. The Kier molecular flexibility index (Phi) is 11.7. The minimum atomic E-state index is -5.08. The van der Waals surface area contributed by atoms with E-state index in [0.29, 0.717) is 28.1 Å². The van der Waals surface area contributed by atoms with Crippen molar-refractivity contribution in [3.05, 3.63) is 71.2 Å². The number of hydrogen-bond acceptors (Lipinski definition) is 10. The highest BCUT2D eigenvalue weighted by Crippen LogP contribution is 2.25. The largest absolute Gasteiger partial charge is 0.490 e. The normalized spacial score (nSPS) is 14.7. The number of benzene rings is 2. The zero-order valence-corrected chi connectivity index (χ0v) is 26.9. The Morgan fingerprint density at radius 2 is 1.88 bits per heavy atom. The van der Waals surface area contributed by atoms with Crippen LogP contribution >= 0.6 is 0 Å². The summed E-state index contributed by atoms with van der Waals surface area (Å²) >= 11 is 0. The number of nitrogens with zero attached hydrogens (tertiary/aromatic N) is 4. The molecule has 2 aromatic heterocycles. The molecule has 2 amide bonds. The van der Waals surface area contributed by atoms with Crippen LogP contribution in [-0.4, -0.2) is 93.9 Å². The Bertz CT molecular complexity index is 1910. The van der Waals surface area contributed by atoms with Crippen molar-refractivity contribution < 1.29 is 46.6 Å². The fourth-order valence-corrected chi connectivity index (χ4v) is 4.79. The molecule has 15 nitrogen and oxygen atoms in total. The molecule has 0 bridgehead atoms. The third-order valence-corrected chi connectivity index (χ3v) is 7.12. The van der Waals surface area contributed by atoms with Crippen molar-refractivity contribution in [3.8, 4) is 5.69 Å². The van der Waals surface area contributed by atoms with Gasteiger partial charge < -0.3 is 31.1 Å². The Morgan fingerprint density at radius 3 is 2.50 bits per heavy atom. The van der Waals surface area contributed by atoms with E-state index in [1.54, 1.807) is 29.1 Å². The number of halogens is 4. The van der Waals surface area contributed by atoms with Crippen LogP contribution in [0.1, 0.15) is 39.8 Å². The molecule has 19 heteroatoms. The van der Waals surface area contributed by atoms with E-state index in [9.17, 15) is 31.9 Å². The van der Waals surface area contributed by atoms with E-state index in [-0.39, 0.29) is 31.6 Å². The van der Waals surface area contributed by atoms with Gasteiger partial charge >= 0.3 is 18.1 Å². The van der Waals surface area contributed by atoms with Gasteiger partial charge in [-0.15, -0.1) is 0 Å². The standard InChI is InChI=1S/C29H32FN9O4.C2HF3O2/c1-16-7-17(2)39(38-16)21-6-4-5-18(8-21)23(11-27(41)43-3)35-26(40)15-31-28(42)19-9-24(22-14-34-37-25(22)10-19)36-29-32-12-20(30)13-33-29;3-2(4,5)1(6)7/h4-10,14,20,23H,11-13,15H2,1-3H3,(H,31,42)(H,34,37)(H,35,40)(H2,32,33,36);(H,6,7)/t23-;/m0./s1. The van der Waals surface area contributed by atoms with Crippen LogP contribution in [0.5, 0.6) is 0 Å². The second kappa shape index (κ2) is 15.9. The van der Waals surface area contributed by atoms with Gasteiger partial charge in [0.05, 0.1) is 68.0 Å². The number of H-pyrrole nitrogens is 1. The second-order valence-electron chi connectivity index (χ2n) is 11.0. The number of amides is 2. The fraction of sp³-hybridized carbons (Fsp3) is 0.323. The minimum absolute atomic E-state index is 0.0307. The number of fused-ring (bicyclic) bond motifs is 1. The van der Waals surface area contributed by atoms with Crippen molar-refractivity contribution in [3.63, 3.8) is 0 Å². The van der Waals surface area contributed by atoms with Gasteiger partial charge in [-0.05, 0) is 49.7 Å². The molecular weight excluding hydrogens is 670 g/mol. The molecule has 0 spiro atoms. The number of carboxylic acids is 1. The Morgan fingerprint density at radius 1 is 1.14 bits per heavy atom. The molecule has 2 aromatic carbocycles. The molecule has 0 aliphatic carbocycles. The van der Waals surface area contributed by atoms with E-state index in [1.807, 2.05) is 38.1 Å². The average Bonchev–Trinajstić information content (AvgIpc) is 3.69. The van der Waals surface area contributed by atoms with Gasteiger partial charge in [-0.2, -0.15) is 23.4 Å². The van der Waals surface area contributed by atoms with Gasteiger partial charge in [-0.25, -0.2) is 18.9 Å². The van der Waals surface area contributed by atoms with E-state index in [0.717, 1.165) is 17.1 Å². The average molecular weight is 704 g/mol. The summed E-state index contributed by atoms with van der Waals surface area (Å²) in [5.41, 5.74) is 4.63. The molecule has 5 rings (SSSR count). The Balaban J connectivity index is 0.000000727.